The highest BCUT2D eigenvalue weighted by Crippen LogP contribution is 2.43. The lowest BCUT2D eigenvalue weighted by atomic mass is 9.98. The van der Waals surface area contributed by atoms with E-state index in [9.17, 15) is 9.90 Å². The van der Waals surface area contributed by atoms with Crippen LogP contribution in [0.5, 0.6) is 0 Å². The summed E-state index contributed by atoms with van der Waals surface area (Å²) >= 11 is 7.57. The minimum Gasteiger partial charge on any atom is -0.481 e. The average Bonchev–Trinajstić information content (AvgIpc) is 2.72. The van der Waals surface area contributed by atoms with Crippen molar-refractivity contribution in [1.82, 2.24) is 4.98 Å². The van der Waals surface area contributed by atoms with Gasteiger partial charge in [0.1, 0.15) is 0 Å². The van der Waals surface area contributed by atoms with Gasteiger partial charge >= 0.3 is 5.97 Å². The molecule has 0 fully saturated rings. The van der Waals surface area contributed by atoms with Crippen LogP contribution in [-0.4, -0.2) is 21.8 Å². The number of carbonyl (C=O) groups is 1. The Balaban J connectivity index is 2.09. The summed E-state index contributed by atoms with van der Waals surface area (Å²) in [7, 11) is 0. The van der Waals surface area contributed by atoms with Crippen molar-refractivity contribution >= 4 is 40.2 Å². The molecule has 138 valence electrons. The van der Waals surface area contributed by atoms with E-state index in [0.29, 0.717) is 5.02 Å². The second-order valence-corrected chi connectivity index (χ2v) is 7.66. The first kappa shape index (κ1) is 18.5. The molecular formula is C23H16ClNO2S. The van der Waals surface area contributed by atoms with E-state index in [0.717, 1.165) is 38.2 Å². The van der Waals surface area contributed by atoms with Crippen molar-refractivity contribution in [3.05, 3.63) is 83.9 Å². The van der Waals surface area contributed by atoms with E-state index in [1.54, 1.807) is 0 Å². The van der Waals surface area contributed by atoms with Crippen LogP contribution in [-0.2, 0) is 4.79 Å². The summed E-state index contributed by atoms with van der Waals surface area (Å²) in [5.74, 6) is -0.915. The van der Waals surface area contributed by atoms with Gasteiger partial charge in [-0.2, -0.15) is 0 Å². The third-order valence-electron chi connectivity index (χ3n) is 4.35. The molecule has 0 amide bonds. The van der Waals surface area contributed by atoms with Crippen LogP contribution in [0.1, 0.15) is 0 Å². The minimum atomic E-state index is -0.866. The van der Waals surface area contributed by atoms with Crippen LogP contribution in [0.4, 0.5) is 0 Å². The van der Waals surface area contributed by atoms with E-state index in [4.69, 9.17) is 16.6 Å². The number of nitrogens with zero attached hydrogens (tertiary/aromatic N) is 1. The Kier molecular flexibility index (Phi) is 5.33. The molecule has 3 aromatic carbocycles. The molecule has 5 heteroatoms. The summed E-state index contributed by atoms with van der Waals surface area (Å²) in [6.07, 6.45) is 0. The molecule has 0 radical (unpaired) electrons. The molecule has 0 aliphatic carbocycles. The molecule has 1 heterocycles. The Morgan fingerprint density at radius 1 is 0.929 bits per heavy atom. The topological polar surface area (TPSA) is 50.2 Å². The maximum atomic E-state index is 11.3. The normalized spacial score (nSPS) is 10.9. The number of benzene rings is 3. The molecule has 3 nitrogen and oxygen atoms in total. The molecule has 28 heavy (non-hydrogen) atoms. The highest BCUT2D eigenvalue weighted by molar-refractivity contribution is 8.00. The molecule has 0 saturated carbocycles. The summed E-state index contributed by atoms with van der Waals surface area (Å²) in [5.41, 5.74) is 4.51. The number of aliphatic carboxylic acids is 1. The number of hydrogen-bond donors (Lipinski definition) is 1. The summed E-state index contributed by atoms with van der Waals surface area (Å²) < 4.78 is 0. The van der Waals surface area contributed by atoms with Gasteiger partial charge in [0.05, 0.1) is 17.0 Å². The molecule has 4 rings (SSSR count). The van der Waals surface area contributed by atoms with Crippen LogP contribution >= 0.6 is 23.4 Å². The molecule has 0 saturated heterocycles. The lowest BCUT2D eigenvalue weighted by Gasteiger charge is -2.17. The number of carboxylic acid groups (broad SMARTS) is 1. The van der Waals surface area contributed by atoms with E-state index < -0.39 is 5.97 Å². The number of fused-ring (bicyclic) bond motifs is 1. The molecule has 0 spiro atoms. The lowest BCUT2D eigenvalue weighted by molar-refractivity contribution is -0.133. The molecule has 0 unspecified atom stereocenters. The first-order chi connectivity index (χ1) is 13.6. The van der Waals surface area contributed by atoms with Gasteiger partial charge in [-0.25, -0.2) is 4.98 Å². The fraction of sp³-hybridized carbons (Fsp3) is 0.0435. The number of carboxylic acids is 1. The molecule has 0 aliphatic heterocycles. The van der Waals surface area contributed by atoms with Crippen molar-refractivity contribution < 1.29 is 9.90 Å². The largest absolute Gasteiger partial charge is 0.481 e. The number of aromatic nitrogens is 1. The van der Waals surface area contributed by atoms with Gasteiger partial charge in [0.2, 0.25) is 0 Å². The van der Waals surface area contributed by atoms with Crippen LogP contribution in [0.3, 0.4) is 0 Å². The molecule has 4 aromatic rings. The number of halogens is 1. The average molecular weight is 406 g/mol. The van der Waals surface area contributed by atoms with E-state index in [1.807, 2.05) is 78.9 Å². The first-order valence-electron chi connectivity index (χ1n) is 8.72. The van der Waals surface area contributed by atoms with Crippen LogP contribution in [0.2, 0.25) is 5.02 Å². The Hall–Kier alpha value is -2.82. The Bertz CT molecular complexity index is 1150. The lowest BCUT2D eigenvalue weighted by Crippen LogP contribution is -2.01. The van der Waals surface area contributed by atoms with Crippen molar-refractivity contribution in [2.45, 2.75) is 4.90 Å². The van der Waals surface area contributed by atoms with E-state index in [2.05, 4.69) is 0 Å². The number of pyridine rings is 1. The number of rotatable bonds is 5. The van der Waals surface area contributed by atoms with Gasteiger partial charge < -0.3 is 5.11 Å². The maximum absolute atomic E-state index is 11.3. The third kappa shape index (κ3) is 3.75. The fourth-order valence-electron chi connectivity index (χ4n) is 3.18. The van der Waals surface area contributed by atoms with Crippen LogP contribution in [0.15, 0.2) is 83.8 Å². The molecule has 0 bridgehead atoms. The predicted octanol–water partition coefficient (Wildman–Crippen LogP) is 6.40. The molecule has 1 aromatic heterocycles. The van der Waals surface area contributed by atoms with Gasteiger partial charge in [-0.05, 0) is 23.8 Å². The number of hydrogen-bond acceptors (Lipinski definition) is 3. The third-order valence-corrected chi connectivity index (χ3v) is 5.66. The van der Waals surface area contributed by atoms with E-state index in [1.165, 1.54) is 11.8 Å². The SMILES string of the molecule is O=C(O)CSc1c(-c2ccccc2)nc2ccc(Cl)cc2c1-c1ccccc1. The van der Waals surface area contributed by atoms with Gasteiger partial charge in [0.25, 0.3) is 0 Å². The quantitative estimate of drug-likeness (QED) is 0.390. The zero-order chi connectivity index (χ0) is 19.5. The first-order valence-corrected chi connectivity index (χ1v) is 10.1. The second kappa shape index (κ2) is 8.05. The summed E-state index contributed by atoms with van der Waals surface area (Å²) in [5, 5.41) is 10.8. The van der Waals surface area contributed by atoms with Crippen molar-refractivity contribution in [2.24, 2.45) is 0 Å². The van der Waals surface area contributed by atoms with Crippen molar-refractivity contribution in [3.8, 4) is 22.4 Å². The monoisotopic (exact) mass is 405 g/mol. The molecule has 0 atom stereocenters. The summed E-state index contributed by atoms with van der Waals surface area (Å²) in [4.78, 5) is 17.0. The zero-order valence-electron chi connectivity index (χ0n) is 14.8. The van der Waals surface area contributed by atoms with Gasteiger partial charge in [-0.15, -0.1) is 11.8 Å². The highest BCUT2D eigenvalue weighted by Gasteiger charge is 2.19. The minimum absolute atomic E-state index is 0.0482. The van der Waals surface area contributed by atoms with Gasteiger partial charge in [-0.1, -0.05) is 72.3 Å². The molecule has 0 aliphatic rings. The van der Waals surface area contributed by atoms with E-state index in [-0.39, 0.29) is 5.75 Å². The standard InChI is InChI=1S/C23H16ClNO2S/c24-17-11-12-19-18(13-17)21(15-7-3-1-4-8-15)23(28-14-20(26)27)22(25-19)16-9-5-2-6-10-16/h1-13H,14H2,(H,26,27). The zero-order valence-corrected chi connectivity index (χ0v) is 16.4. The maximum Gasteiger partial charge on any atom is 0.313 e. The highest BCUT2D eigenvalue weighted by atomic mass is 35.5. The second-order valence-electron chi connectivity index (χ2n) is 6.24. The fourth-order valence-corrected chi connectivity index (χ4v) is 4.29. The van der Waals surface area contributed by atoms with Crippen LogP contribution in [0.25, 0.3) is 33.3 Å². The number of thioether (sulfide) groups is 1. The summed E-state index contributed by atoms with van der Waals surface area (Å²) in [6, 6.07) is 25.4. The van der Waals surface area contributed by atoms with E-state index >= 15 is 0 Å². The van der Waals surface area contributed by atoms with Crippen molar-refractivity contribution in [3.63, 3.8) is 0 Å². The van der Waals surface area contributed by atoms with Crippen molar-refractivity contribution in [1.29, 1.82) is 0 Å². The van der Waals surface area contributed by atoms with Crippen LogP contribution < -0.4 is 0 Å². The Morgan fingerprint density at radius 2 is 1.57 bits per heavy atom. The predicted molar refractivity (Wildman–Crippen MR) is 116 cm³/mol. The Labute approximate surface area is 172 Å². The molecular weight excluding hydrogens is 390 g/mol. The van der Waals surface area contributed by atoms with Gasteiger partial charge in [-0.3, -0.25) is 4.79 Å². The Morgan fingerprint density at radius 3 is 2.21 bits per heavy atom. The van der Waals surface area contributed by atoms with Crippen LogP contribution in [0, 0.1) is 0 Å². The van der Waals surface area contributed by atoms with Crippen molar-refractivity contribution in [2.75, 3.05) is 5.75 Å². The smallest absolute Gasteiger partial charge is 0.313 e. The molecule has 1 N–H and O–H groups in total. The van der Waals surface area contributed by atoms with Gasteiger partial charge in [0, 0.05) is 26.4 Å². The van der Waals surface area contributed by atoms with Gasteiger partial charge in [0.15, 0.2) is 0 Å². The summed E-state index contributed by atoms with van der Waals surface area (Å²) in [6.45, 7) is 0.